The molecule has 1 aliphatic heterocycles. The van der Waals surface area contributed by atoms with Gasteiger partial charge in [0.2, 0.25) is 0 Å². The molecule has 0 bridgehead atoms. The number of nitrogens with zero attached hydrogens (tertiary/aromatic N) is 4. The average molecular weight is 444 g/mol. The fourth-order valence-electron chi connectivity index (χ4n) is 4.43. The molecule has 0 saturated heterocycles. The smallest absolute Gasteiger partial charge is 0.275 e. The van der Waals surface area contributed by atoms with Gasteiger partial charge in [0, 0.05) is 41.6 Å². The van der Waals surface area contributed by atoms with Crippen LogP contribution in [0.1, 0.15) is 12.0 Å². The van der Waals surface area contributed by atoms with Crippen LogP contribution in [0.5, 0.6) is 5.75 Å². The maximum Gasteiger partial charge on any atom is 0.275 e. The summed E-state index contributed by atoms with van der Waals surface area (Å²) >= 11 is 0. The zero-order chi connectivity index (χ0) is 23.1. The lowest BCUT2D eigenvalue weighted by Crippen LogP contribution is -2.23. The molecule has 1 N–H and O–H groups in total. The lowest BCUT2D eigenvalue weighted by molar-refractivity contribution is -0.122. The van der Waals surface area contributed by atoms with Gasteiger partial charge in [-0.1, -0.05) is 0 Å². The van der Waals surface area contributed by atoms with Crippen LogP contribution in [0.2, 0.25) is 0 Å². The first-order chi connectivity index (χ1) is 16.0. The number of nitrogens with one attached hydrogen (secondary N) is 1. The Labute approximate surface area is 191 Å². The van der Waals surface area contributed by atoms with Crippen LogP contribution in [0.3, 0.4) is 0 Å². The summed E-state index contributed by atoms with van der Waals surface area (Å²) in [5.74, 6) is -0.138. The molecule has 0 atom stereocenters. The second-order valence-corrected chi connectivity index (χ2v) is 8.38. The first kappa shape index (κ1) is 21.0. The molecule has 1 aliphatic rings. The van der Waals surface area contributed by atoms with Crippen molar-refractivity contribution < 1.29 is 14.3 Å². The van der Waals surface area contributed by atoms with E-state index in [9.17, 15) is 9.59 Å². The number of carbonyl (C=O) groups excluding carboxylic acids is 2. The van der Waals surface area contributed by atoms with E-state index in [2.05, 4.69) is 19.8 Å². The van der Waals surface area contributed by atoms with Gasteiger partial charge in [0.15, 0.2) is 0 Å². The standard InChI is InChI=1S/C25H25N5O3/c1-28(2)11-5-12-29-15-18(17-14-16(33-3)7-8-20(17)29)22-23(25(32)27-24(22)31)30-13-9-19-21(30)6-4-10-26-19/h4,6-10,13-15H,5,11-12H2,1-3H3,(H,27,31,32). The van der Waals surface area contributed by atoms with Crippen molar-refractivity contribution >= 4 is 45.0 Å². The molecule has 0 unspecified atom stereocenters. The van der Waals surface area contributed by atoms with E-state index in [1.165, 1.54) is 0 Å². The number of ether oxygens (including phenoxy) is 1. The summed E-state index contributed by atoms with van der Waals surface area (Å²) in [6.45, 7) is 1.73. The summed E-state index contributed by atoms with van der Waals surface area (Å²) < 4.78 is 9.34. The van der Waals surface area contributed by atoms with E-state index in [4.69, 9.17) is 4.74 Å². The highest BCUT2D eigenvalue weighted by Gasteiger charge is 2.35. The lowest BCUT2D eigenvalue weighted by Gasteiger charge is -2.10. The van der Waals surface area contributed by atoms with Gasteiger partial charge >= 0.3 is 0 Å². The van der Waals surface area contributed by atoms with E-state index >= 15 is 0 Å². The number of aryl methyl sites for hydroxylation is 1. The van der Waals surface area contributed by atoms with Crippen molar-refractivity contribution in [2.24, 2.45) is 0 Å². The fourth-order valence-corrected chi connectivity index (χ4v) is 4.43. The Morgan fingerprint density at radius 1 is 1.09 bits per heavy atom. The third-order valence-corrected chi connectivity index (χ3v) is 5.97. The first-order valence-electron chi connectivity index (χ1n) is 10.8. The highest BCUT2D eigenvalue weighted by Crippen LogP contribution is 2.36. The van der Waals surface area contributed by atoms with Crippen LogP contribution in [-0.4, -0.2) is 58.6 Å². The SMILES string of the molecule is COc1ccc2c(c1)c(C1=C(n3ccc4ncccc43)C(=O)NC1=O)cn2CCCN(C)C. The molecular weight excluding hydrogens is 418 g/mol. The van der Waals surface area contributed by atoms with Crippen LogP contribution in [0.25, 0.3) is 33.2 Å². The summed E-state index contributed by atoms with van der Waals surface area (Å²) in [4.78, 5) is 32.5. The van der Waals surface area contributed by atoms with Crippen molar-refractivity contribution in [3.63, 3.8) is 0 Å². The summed E-state index contributed by atoms with van der Waals surface area (Å²) in [6, 6.07) is 11.4. The Hall–Kier alpha value is -3.91. The van der Waals surface area contributed by atoms with Crippen LogP contribution in [0, 0.1) is 0 Å². The molecule has 33 heavy (non-hydrogen) atoms. The Morgan fingerprint density at radius 2 is 1.94 bits per heavy atom. The topological polar surface area (TPSA) is 81.4 Å². The maximum atomic E-state index is 13.1. The number of amides is 2. The minimum absolute atomic E-state index is 0.304. The first-order valence-corrected chi connectivity index (χ1v) is 10.8. The van der Waals surface area contributed by atoms with Crippen molar-refractivity contribution in [1.82, 2.24) is 24.3 Å². The Balaban J connectivity index is 1.73. The molecule has 8 nitrogen and oxygen atoms in total. The molecule has 0 aliphatic carbocycles. The molecule has 4 heterocycles. The minimum atomic E-state index is -0.423. The van der Waals surface area contributed by atoms with Gasteiger partial charge in [0.25, 0.3) is 11.8 Å². The highest BCUT2D eigenvalue weighted by molar-refractivity contribution is 6.47. The van der Waals surface area contributed by atoms with Gasteiger partial charge < -0.3 is 18.8 Å². The highest BCUT2D eigenvalue weighted by atomic mass is 16.5. The molecule has 3 aromatic heterocycles. The van der Waals surface area contributed by atoms with Gasteiger partial charge in [-0.2, -0.15) is 0 Å². The van der Waals surface area contributed by atoms with Gasteiger partial charge in [-0.25, -0.2) is 0 Å². The van der Waals surface area contributed by atoms with Gasteiger partial charge in [-0.3, -0.25) is 19.9 Å². The summed E-state index contributed by atoms with van der Waals surface area (Å²) in [5, 5.41) is 3.36. The second kappa shape index (κ2) is 8.22. The van der Waals surface area contributed by atoms with E-state index < -0.39 is 11.8 Å². The number of pyridine rings is 1. The normalized spacial score (nSPS) is 14.2. The molecule has 4 aromatic rings. The number of methoxy groups -OCH3 is 1. The zero-order valence-corrected chi connectivity index (χ0v) is 18.8. The molecule has 0 fully saturated rings. The predicted molar refractivity (Wildman–Crippen MR) is 128 cm³/mol. The van der Waals surface area contributed by atoms with Crippen molar-refractivity contribution in [2.75, 3.05) is 27.7 Å². The molecule has 5 rings (SSSR count). The Kier molecular flexibility index (Phi) is 5.22. The Morgan fingerprint density at radius 3 is 2.73 bits per heavy atom. The quantitative estimate of drug-likeness (QED) is 0.444. The van der Waals surface area contributed by atoms with Crippen molar-refractivity contribution in [2.45, 2.75) is 13.0 Å². The third-order valence-electron chi connectivity index (χ3n) is 5.97. The van der Waals surface area contributed by atoms with Crippen LogP contribution in [0.4, 0.5) is 0 Å². The summed E-state index contributed by atoms with van der Waals surface area (Å²) in [6.07, 6.45) is 6.40. The van der Waals surface area contributed by atoms with Gasteiger partial charge in [0.1, 0.15) is 11.4 Å². The molecule has 0 spiro atoms. The van der Waals surface area contributed by atoms with E-state index in [1.807, 2.05) is 56.7 Å². The predicted octanol–water partition coefficient (Wildman–Crippen LogP) is 2.98. The van der Waals surface area contributed by atoms with Crippen LogP contribution in [-0.2, 0) is 16.1 Å². The number of hydrogen-bond donors (Lipinski definition) is 1. The van der Waals surface area contributed by atoms with Crippen molar-refractivity contribution in [3.05, 3.63) is 60.6 Å². The minimum Gasteiger partial charge on any atom is -0.497 e. The fraction of sp³-hybridized carbons (Fsp3) is 0.240. The van der Waals surface area contributed by atoms with Gasteiger partial charge in [-0.05, 0) is 63.5 Å². The molecule has 8 heteroatoms. The van der Waals surface area contributed by atoms with E-state index in [0.717, 1.165) is 41.4 Å². The van der Waals surface area contributed by atoms with Gasteiger partial charge in [0.05, 0.1) is 23.7 Å². The average Bonchev–Trinajstić information content (AvgIpc) is 3.46. The Bertz CT molecular complexity index is 1430. The third kappa shape index (κ3) is 3.58. The van der Waals surface area contributed by atoms with Gasteiger partial charge in [-0.15, -0.1) is 0 Å². The molecule has 0 saturated carbocycles. The number of carbonyl (C=O) groups is 2. The van der Waals surface area contributed by atoms with Crippen molar-refractivity contribution in [3.8, 4) is 5.75 Å². The number of aromatic nitrogens is 3. The summed E-state index contributed by atoms with van der Waals surface area (Å²) in [5.41, 5.74) is 3.87. The van der Waals surface area contributed by atoms with E-state index in [0.29, 0.717) is 22.6 Å². The van der Waals surface area contributed by atoms with Crippen LogP contribution < -0.4 is 10.1 Å². The van der Waals surface area contributed by atoms with E-state index in [1.54, 1.807) is 24.1 Å². The maximum absolute atomic E-state index is 13.1. The largest absolute Gasteiger partial charge is 0.497 e. The number of hydrogen-bond acceptors (Lipinski definition) is 5. The zero-order valence-electron chi connectivity index (χ0n) is 18.8. The van der Waals surface area contributed by atoms with Crippen LogP contribution in [0.15, 0.2) is 55.0 Å². The molecule has 168 valence electrons. The number of benzene rings is 1. The monoisotopic (exact) mass is 443 g/mol. The van der Waals surface area contributed by atoms with E-state index in [-0.39, 0.29) is 0 Å². The molecular formula is C25H25N5O3. The number of fused-ring (bicyclic) bond motifs is 2. The lowest BCUT2D eigenvalue weighted by atomic mass is 10.0. The second-order valence-electron chi connectivity index (χ2n) is 8.38. The van der Waals surface area contributed by atoms with Crippen molar-refractivity contribution in [1.29, 1.82) is 0 Å². The number of rotatable bonds is 7. The number of imide groups is 1. The molecule has 1 aromatic carbocycles. The van der Waals surface area contributed by atoms with Crippen LogP contribution >= 0.6 is 0 Å². The summed E-state index contributed by atoms with van der Waals surface area (Å²) in [7, 11) is 5.71. The molecule has 2 amide bonds. The molecule has 0 radical (unpaired) electrons.